The third-order valence-corrected chi connectivity index (χ3v) is 11.7. The zero-order chi connectivity index (χ0) is 33.9. The molecular weight excluding hydrogens is 572 g/mol. The summed E-state index contributed by atoms with van der Waals surface area (Å²) in [6, 6.07) is 18.4. The summed E-state index contributed by atoms with van der Waals surface area (Å²) in [6.45, 7) is 26.7. The van der Waals surface area contributed by atoms with E-state index in [2.05, 4.69) is 144 Å². The van der Waals surface area contributed by atoms with E-state index in [1.54, 1.807) is 0 Å². The van der Waals surface area contributed by atoms with Crippen LogP contribution in [0.5, 0.6) is 0 Å². The van der Waals surface area contributed by atoms with Crippen molar-refractivity contribution in [1.82, 2.24) is 0 Å². The molecule has 1 aliphatic heterocycles. The van der Waals surface area contributed by atoms with Crippen molar-refractivity contribution >= 4 is 11.4 Å². The van der Waals surface area contributed by atoms with E-state index in [0.29, 0.717) is 17.8 Å². The highest BCUT2D eigenvalue weighted by Crippen LogP contribution is 2.69. The van der Waals surface area contributed by atoms with Crippen LogP contribution in [-0.4, -0.2) is 17.0 Å². The summed E-state index contributed by atoms with van der Waals surface area (Å²) in [5, 5.41) is 0. The smallest absolute Gasteiger partial charge is 0.203 e. The molecule has 1 spiro atoms. The molecule has 1 fully saturated rings. The van der Waals surface area contributed by atoms with Gasteiger partial charge in [0.1, 0.15) is 5.60 Å². The van der Waals surface area contributed by atoms with Crippen LogP contribution >= 0.6 is 0 Å². The fourth-order valence-electron chi connectivity index (χ4n) is 8.76. The molecule has 2 heteroatoms. The van der Waals surface area contributed by atoms with Gasteiger partial charge in [0, 0.05) is 11.5 Å². The molecular formula is C45H50O2. The molecule has 0 bridgehead atoms. The van der Waals surface area contributed by atoms with Crippen LogP contribution in [0.25, 0.3) is 27.8 Å². The number of hydrogen-bond acceptors (Lipinski definition) is 2. The lowest BCUT2D eigenvalue weighted by molar-refractivity contribution is -0.116. The molecule has 47 heavy (non-hydrogen) atoms. The number of hydrogen-bond donors (Lipinski definition) is 0. The number of Topliss-reactive ketones (excluding diaryl/α,β-unsaturated/α-hetero) is 1. The van der Waals surface area contributed by atoms with Crippen molar-refractivity contribution in [3.63, 3.8) is 0 Å². The molecule has 3 atom stereocenters. The van der Waals surface area contributed by atoms with E-state index in [-0.39, 0.29) is 11.7 Å². The Hall–Kier alpha value is -3.75. The highest BCUT2D eigenvalue weighted by atomic mass is 16.6. The Kier molecular flexibility index (Phi) is 7.20. The SMILES string of the molecule is CC1=C(c2cc(C)c3cc(C(C)C)ccc(C)c2-3)C(=O)[C@@]23O[C@@]2(C)[C@@H](c2cc(C)c4cc(C(C)C)ccc(C)c2-4)C=C(C(C)C)C=C13. The molecule has 0 amide bonds. The molecule has 0 aromatic heterocycles. The van der Waals surface area contributed by atoms with Gasteiger partial charge in [-0.2, -0.15) is 0 Å². The molecule has 6 aliphatic carbocycles. The van der Waals surface area contributed by atoms with Crippen molar-refractivity contribution in [2.24, 2.45) is 5.92 Å². The number of carbonyl (C=O) groups is 1. The Morgan fingerprint density at radius 3 is 1.79 bits per heavy atom. The third-order valence-electron chi connectivity index (χ3n) is 11.7. The number of ketones is 1. The maximum absolute atomic E-state index is 15.2. The normalized spacial score (nSPS) is 24.0. The van der Waals surface area contributed by atoms with Gasteiger partial charge in [-0.05, 0) is 143 Å². The van der Waals surface area contributed by atoms with Crippen molar-refractivity contribution in [2.45, 2.75) is 112 Å². The molecule has 7 aliphatic rings. The first-order valence-electron chi connectivity index (χ1n) is 17.6. The molecule has 0 unspecified atom stereocenters. The van der Waals surface area contributed by atoms with Gasteiger partial charge < -0.3 is 4.74 Å². The van der Waals surface area contributed by atoms with Crippen molar-refractivity contribution in [1.29, 1.82) is 0 Å². The van der Waals surface area contributed by atoms with E-state index in [1.165, 1.54) is 66.8 Å². The quantitative estimate of drug-likeness (QED) is 0.207. The number of epoxide rings is 1. The number of carbonyl (C=O) groups excluding carboxylic acids is 1. The Morgan fingerprint density at radius 1 is 0.660 bits per heavy atom. The molecule has 0 aromatic rings. The lowest BCUT2D eigenvalue weighted by Crippen LogP contribution is -2.34. The first-order valence-corrected chi connectivity index (χ1v) is 17.6. The molecule has 2 nitrogen and oxygen atoms in total. The third kappa shape index (κ3) is 4.36. The minimum absolute atomic E-state index is 0.0733. The zero-order valence-corrected chi connectivity index (χ0v) is 30.4. The van der Waals surface area contributed by atoms with E-state index >= 15 is 4.79 Å². The molecule has 0 N–H and O–H groups in total. The Balaban J connectivity index is 1.42. The van der Waals surface area contributed by atoms with Crippen molar-refractivity contribution < 1.29 is 9.53 Å². The first-order chi connectivity index (χ1) is 22.1. The van der Waals surface area contributed by atoms with Gasteiger partial charge in [0.05, 0.1) is 0 Å². The molecule has 1 heterocycles. The average molecular weight is 623 g/mol. The number of fused-ring (bicyclic) bond motifs is 2. The van der Waals surface area contributed by atoms with Crippen LogP contribution in [0.2, 0.25) is 0 Å². The monoisotopic (exact) mass is 622 g/mol. The lowest BCUT2D eigenvalue weighted by atomic mass is 9.75. The fraction of sp³-hybridized carbons (Fsp3) is 0.400. The average Bonchev–Trinajstić information content (AvgIpc) is 3.45. The van der Waals surface area contributed by atoms with Crippen molar-refractivity contribution in [3.05, 3.63) is 122 Å². The fourth-order valence-corrected chi connectivity index (χ4v) is 8.76. The second-order valence-electron chi connectivity index (χ2n) is 15.8. The largest absolute Gasteiger partial charge is 0.348 e. The molecule has 1 saturated heterocycles. The van der Waals surface area contributed by atoms with E-state index in [9.17, 15) is 0 Å². The standard InChI is InChI=1S/C45H50O2/c1-23(2)31-15-13-26(7)40-34(19-31)28(9)17-36(40)39-22-33(25(5)6)21-38-30(11)42(43(46)45(38)44(39,12)47-45)37-18-29(10)35-20-32(24(3)4)16-14-27(8)41(35)37/h13-25,39H,1-12H3/t39-,44+,45-/m1/s1. The summed E-state index contributed by atoms with van der Waals surface area (Å²) in [5.41, 5.74) is 17.5. The van der Waals surface area contributed by atoms with Gasteiger partial charge in [0.25, 0.3) is 0 Å². The highest BCUT2D eigenvalue weighted by molar-refractivity contribution is 6.34. The Bertz CT molecular complexity index is 2030. The maximum atomic E-state index is 15.2. The predicted molar refractivity (Wildman–Crippen MR) is 197 cm³/mol. The van der Waals surface area contributed by atoms with Crippen LogP contribution in [0.15, 0.2) is 77.4 Å². The summed E-state index contributed by atoms with van der Waals surface area (Å²) in [4.78, 5) is 15.2. The second kappa shape index (κ2) is 10.6. The summed E-state index contributed by atoms with van der Waals surface area (Å²) in [7, 11) is 0. The van der Waals surface area contributed by atoms with Crippen LogP contribution < -0.4 is 0 Å². The molecule has 0 saturated carbocycles. The number of ether oxygens (including phenoxy) is 1. The summed E-state index contributed by atoms with van der Waals surface area (Å²) in [6.07, 6.45) is 4.73. The van der Waals surface area contributed by atoms with Gasteiger partial charge in [-0.25, -0.2) is 0 Å². The van der Waals surface area contributed by atoms with Crippen LogP contribution in [-0.2, 0) is 9.53 Å². The Labute approximate surface area is 282 Å². The van der Waals surface area contributed by atoms with Gasteiger partial charge in [-0.3, -0.25) is 4.79 Å². The summed E-state index contributed by atoms with van der Waals surface area (Å²) < 4.78 is 6.98. The first kappa shape index (κ1) is 31.8. The van der Waals surface area contributed by atoms with Crippen molar-refractivity contribution in [2.75, 3.05) is 0 Å². The van der Waals surface area contributed by atoms with Crippen LogP contribution in [0.1, 0.15) is 118 Å². The molecule has 7 rings (SSSR count). The molecule has 0 radical (unpaired) electrons. The van der Waals surface area contributed by atoms with Crippen LogP contribution in [0.4, 0.5) is 0 Å². The number of allylic oxidation sites excluding steroid dienone is 2. The van der Waals surface area contributed by atoms with Gasteiger partial charge >= 0.3 is 0 Å². The van der Waals surface area contributed by atoms with Gasteiger partial charge in [0.15, 0.2) is 5.60 Å². The van der Waals surface area contributed by atoms with E-state index in [4.69, 9.17) is 4.74 Å². The molecule has 0 aromatic carbocycles. The topological polar surface area (TPSA) is 29.6 Å². The van der Waals surface area contributed by atoms with E-state index < -0.39 is 11.2 Å². The summed E-state index contributed by atoms with van der Waals surface area (Å²) in [5.74, 6) is 1.21. The van der Waals surface area contributed by atoms with Gasteiger partial charge in [-0.1, -0.05) is 102 Å². The van der Waals surface area contributed by atoms with E-state index in [0.717, 1.165) is 22.3 Å². The number of aryl methyl sites for hydroxylation is 4. The van der Waals surface area contributed by atoms with Crippen molar-refractivity contribution in [3.8, 4) is 22.3 Å². The van der Waals surface area contributed by atoms with Crippen LogP contribution in [0.3, 0.4) is 0 Å². The lowest BCUT2D eigenvalue weighted by Gasteiger charge is -2.22. The minimum Gasteiger partial charge on any atom is -0.348 e. The number of rotatable bonds is 5. The predicted octanol–water partition coefficient (Wildman–Crippen LogP) is 11.6. The second-order valence-corrected chi connectivity index (χ2v) is 15.8. The zero-order valence-electron chi connectivity index (χ0n) is 30.4. The Morgan fingerprint density at radius 2 is 1.21 bits per heavy atom. The van der Waals surface area contributed by atoms with Gasteiger partial charge in [0.2, 0.25) is 5.78 Å². The highest BCUT2D eigenvalue weighted by Gasteiger charge is 2.79. The maximum Gasteiger partial charge on any atom is 0.203 e. The minimum atomic E-state index is -0.999. The van der Waals surface area contributed by atoms with E-state index in [1.807, 2.05) is 0 Å². The summed E-state index contributed by atoms with van der Waals surface area (Å²) >= 11 is 0. The van der Waals surface area contributed by atoms with Crippen LogP contribution in [0, 0.1) is 33.6 Å². The van der Waals surface area contributed by atoms with Gasteiger partial charge in [-0.15, -0.1) is 0 Å². The molecule has 242 valence electrons.